The zero-order valence-corrected chi connectivity index (χ0v) is 11.0. The Hall–Kier alpha value is -1.43. The Morgan fingerprint density at radius 2 is 2.17 bits per heavy atom. The van der Waals surface area contributed by atoms with Crippen LogP contribution in [0.4, 0.5) is 4.39 Å². The van der Waals surface area contributed by atoms with Gasteiger partial charge in [0, 0.05) is 6.42 Å². The summed E-state index contributed by atoms with van der Waals surface area (Å²) < 4.78 is 37.1. The molecule has 1 aliphatic heterocycles. The van der Waals surface area contributed by atoms with Crippen LogP contribution >= 0.6 is 0 Å². The second kappa shape index (κ2) is 4.35. The van der Waals surface area contributed by atoms with Crippen LogP contribution in [0.3, 0.4) is 0 Å². The predicted octanol–water partition coefficient (Wildman–Crippen LogP) is 2.25. The summed E-state index contributed by atoms with van der Waals surface area (Å²) in [6.07, 6.45) is 0.241. The molecule has 0 amide bonds. The Kier molecular flexibility index (Phi) is 3.14. The molecule has 6 heteroatoms. The van der Waals surface area contributed by atoms with E-state index in [1.54, 1.807) is 19.9 Å². The fraction of sp³-hybridized carbons (Fsp3) is 0.417. The molecule has 0 aromatic heterocycles. The molecule has 1 aromatic rings. The van der Waals surface area contributed by atoms with Crippen molar-refractivity contribution >= 4 is 14.9 Å². The molecule has 0 atom stereocenters. The molecule has 4 nitrogen and oxygen atoms in total. The monoisotopic (exact) mass is 271 g/mol. The number of halogens is 1. The number of benzene rings is 1. The summed E-state index contributed by atoms with van der Waals surface area (Å²) in [4.78, 5) is 5.04. The first-order chi connectivity index (χ1) is 8.28. The van der Waals surface area contributed by atoms with Gasteiger partial charge in [0.15, 0.2) is 14.9 Å². The molecule has 0 saturated carbocycles. The SMILES string of the molecule is CC1(C)CC(S(=O)(=O)Cc2cccc(F)c2)=NO1. The number of oxime groups is 1. The summed E-state index contributed by atoms with van der Waals surface area (Å²) >= 11 is 0. The Labute approximate surface area is 105 Å². The molecule has 0 unspecified atom stereocenters. The van der Waals surface area contributed by atoms with Gasteiger partial charge >= 0.3 is 0 Å². The third-order valence-corrected chi connectivity index (χ3v) is 4.23. The van der Waals surface area contributed by atoms with Crippen molar-refractivity contribution in [1.29, 1.82) is 0 Å². The van der Waals surface area contributed by atoms with Crippen LogP contribution in [0.2, 0.25) is 0 Å². The van der Waals surface area contributed by atoms with Gasteiger partial charge in [0.1, 0.15) is 11.4 Å². The van der Waals surface area contributed by atoms with E-state index >= 15 is 0 Å². The van der Waals surface area contributed by atoms with Crippen molar-refractivity contribution in [2.45, 2.75) is 31.6 Å². The van der Waals surface area contributed by atoms with E-state index in [9.17, 15) is 12.8 Å². The summed E-state index contributed by atoms with van der Waals surface area (Å²) in [5.41, 5.74) is -0.188. The van der Waals surface area contributed by atoms with Gasteiger partial charge in [-0.2, -0.15) is 0 Å². The van der Waals surface area contributed by atoms with Gasteiger partial charge in [-0.05, 0) is 31.5 Å². The van der Waals surface area contributed by atoms with Crippen LogP contribution in [0, 0.1) is 5.82 Å². The fourth-order valence-electron chi connectivity index (χ4n) is 1.70. The van der Waals surface area contributed by atoms with E-state index in [4.69, 9.17) is 4.84 Å². The van der Waals surface area contributed by atoms with Gasteiger partial charge in [-0.15, -0.1) is 0 Å². The maximum Gasteiger partial charge on any atom is 0.199 e. The molecule has 1 aromatic carbocycles. The number of sulfone groups is 1. The molecule has 18 heavy (non-hydrogen) atoms. The van der Waals surface area contributed by atoms with Crippen molar-refractivity contribution in [3.8, 4) is 0 Å². The Bertz CT molecular complexity index is 593. The van der Waals surface area contributed by atoms with Crippen LogP contribution < -0.4 is 0 Å². The maximum absolute atomic E-state index is 13.0. The lowest BCUT2D eigenvalue weighted by Gasteiger charge is -2.13. The molecule has 0 aliphatic carbocycles. The van der Waals surface area contributed by atoms with Gasteiger partial charge in [0.2, 0.25) is 0 Å². The molecule has 0 saturated heterocycles. The fourth-order valence-corrected chi connectivity index (χ4v) is 3.20. The number of nitrogens with zero attached hydrogens (tertiary/aromatic N) is 1. The maximum atomic E-state index is 13.0. The predicted molar refractivity (Wildman–Crippen MR) is 66.2 cm³/mol. The lowest BCUT2D eigenvalue weighted by atomic mass is 10.1. The van der Waals surface area contributed by atoms with Crippen LogP contribution in [0.25, 0.3) is 0 Å². The molecular weight excluding hydrogens is 257 g/mol. The van der Waals surface area contributed by atoms with Crippen molar-refractivity contribution in [2.24, 2.45) is 5.16 Å². The summed E-state index contributed by atoms with van der Waals surface area (Å²) in [5, 5.41) is 3.64. The van der Waals surface area contributed by atoms with Crippen LogP contribution in [-0.4, -0.2) is 19.1 Å². The van der Waals surface area contributed by atoms with Crippen molar-refractivity contribution < 1.29 is 17.6 Å². The topological polar surface area (TPSA) is 55.7 Å². The molecule has 1 aliphatic rings. The van der Waals surface area contributed by atoms with E-state index < -0.39 is 21.3 Å². The van der Waals surface area contributed by atoms with Crippen LogP contribution in [0.5, 0.6) is 0 Å². The van der Waals surface area contributed by atoms with Crippen LogP contribution in [0.1, 0.15) is 25.8 Å². The minimum atomic E-state index is -3.54. The zero-order chi connectivity index (χ0) is 13.4. The van der Waals surface area contributed by atoms with E-state index in [0.29, 0.717) is 5.56 Å². The van der Waals surface area contributed by atoms with Crippen LogP contribution in [-0.2, 0) is 20.4 Å². The Morgan fingerprint density at radius 1 is 1.44 bits per heavy atom. The zero-order valence-electron chi connectivity index (χ0n) is 10.2. The Morgan fingerprint density at radius 3 is 2.72 bits per heavy atom. The molecule has 0 fully saturated rings. The van der Waals surface area contributed by atoms with E-state index in [-0.39, 0.29) is 17.2 Å². The first kappa shape index (κ1) is 13.0. The summed E-state index contributed by atoms with van der Waals surface area (Å²) in [7, 11) is -3.54. The number of hydrogen-bond acceptors (Lipinski definition) is 4. The average molecular weight is 271 g/mol. The molecule has 0 bridgehead atoms. The molecule has 1 heterocycles. The summed E-state index contributed by atoms with van der Waals surface area (Å²) in [6.45, 7) is 3.53. The minimum Gasteiger partial charge on any atom is -0.389 e. The Balaban J connectivity index is 2.19. The van der Waals surface area contributed by atoms with Gasteiger partial charge in [0.05, 0.1) is 5.75 Å². The second-order valence-electron chi connectivity index (χ2n) is 4.90. The largest absolute Gasteiger partial charge is 0.389 e. The van der Waals surface area contributed by atoms with E-state index in [1.165, 1.54) is 18.2 Å². The van der Waals surface area contributed by atoms with E-state index in [2.05, 4.69) is 5.16 Å². The average Bonchev–Trinajstić information content (AvgIpc) is 2.59. The van der Waals surface area contributed by atoms with Crippen molar-refractivity contribution in [1.82, 2.24) is 0 Å². The highest BCUT2D eigenvalue weighted by Crippen LogP contribution is 2.26. The van der Waals surface area contributed by atoms with Crippen molar-refractivity contribution in [2.75, 3.05) is 0 Å². The van der Waals surface area contributed by atoms with Crippen LogP contribution in [0.15, 0.2) is 29.4 Å². The molecular formula is C12H14FNO3S. The molecule has 0 N–H and O–H groups in total. The van der Waals surface area contributed by atoms with Gasteiger partial charge < -0.3 is 4.84 Å². The normalized spacial score (nSPS) is 18.3. The lowest BCUT2D eigenvalue weighted by molar-refractivity contribution is 0.0123. The third kappa shape index (κ3) is 2.87. The van der Waals surface area contributed by atoms with Gasteiger partial charge in [-0.3, -0.25) is 0 Å². The van der Waals surface area contributed by atoms with E-state index in [0.717, 1.165) is 0 Å². The number of rotatable bonds is 2. The lowest BCUT2D eigenvalue weighted by Crippen LogP contribution is -2.23. The first-order valence-electron chi connectivity index (χ1n) is 5.51. The summed E-state index contributed by atoms with van der Waals surface area (Å²) in [5.74, 6) is -0.712. The second-order valence-corrected chi connectivity index (χ2v) is 6.89. The first-order valence-corrected chi connectivity index (χ1v) is 7.16. The van der Waals surface area contributed by atoms with Gasteiger partial charge in [-0.25, -0.2) is 12.8 Å². The van der Waals surface area contributed by atoms with Crippen molar-refractivity contribution in [3.63, 3.8) is 0 Å². The molecule has 2 rings (SSSR count). The quantitative estimate of drug-likeness (QED) is 0.829. The molecule has 0 radical (unpaired) electrons. The molecule has 0 spiro atoms. The molecule has 98 valence electrons. The van der Waals surface area contributed by atoms with Gasteiger partial charge in [-0.1, -0.05) is 17.3 Å². The smallest absolute Gasteiger partial charge is 0.199 e. The number of hydrogen-bond donors (Lipinski definition) is 0. The van der Waals surface area contributed by atoms with Gasteiger partial charge in [0.25, 0.3) is 0 Å². The highest BCUT2D eigenvalue weighted by atomic mass is 32.2. The highest BCUT2D eigenvalue weighted by molar-refractivity contribution is 8.05. The standard InChI is InChI=1S/C12H14FNO3S/c1-12(2)7-11(14-17-12)18(15,16)8-9-4-3-5-10(13)6-9/h3-6H,7-8H2,1-2H3. The van der Waals surface area contributed by atoms with E-state index in [1.807, 2.05) is 0 Å². The summed E-state index contributed by atoms with van der Waals surface area (Å²) in [6, 6.07) is 5.54. The third-order valence-electron chi connectivity index (χ3n) is 2.58. The van der Waals surface area contributed by atoms with Crippen molar-refractivity contribution in [3.05, 3.63) is 35.6 Å². The minimum absolute atomic E-state index is 0.0248. The highest BCUT2D eigenvalue weighted by Gasteiger charge is 2.35.